The highest BCUT2D eigenvalue weighted by molar-refractivity contribution is 5.78. The summed E-state index contributed by atoms with van der Waals surface area (Å²) in [7, 11) is 3.30. The first-order valence-electron chi connectivity index (χ1n) is 8.33. The van der Waals surface area contributed by atoms with Crippen LogP contribution in [-0.2, 0) is 4.79 Å². The number of methoxy groups -OCH3 is 2. The van der Waals surface area contributed by atoms with Crippen molar-refractivity contribution in [1.82, 2.24) is 5.32 Å². The van der Waals surface area contributed by atoms with Crippen molar-refractivity contribution in [3.8, 4) is 11.5 Å². The van der Waals surface area contributed by atoms with Gasteiger partial charge in [0.2, 0.25) is 5.91 Å². The van der Waals surface area contributed by atoms with Gasteiger partial charge in [-0.3, -0.25) is 4.79 Å². The van der Waals surface area contributed by atoms with E-state index in [2.05, 4.69) is 35.6 Å². The van der Waals surface area contributed by atoms with E-state index in [9.17, 15) is 4.79 Å². The van der Waals surface area contributed by atoms with Crippen LogP contribution in [0.2, 0.25) is 0 Å². The van der Waals surface area contributed by atoms with E-state index >= 15 is 0 Å². The van der Waals surface area contributed by atoms with Crippen LogP contribution < -0.4 is 14.8 Å². The van der Waals surface area contributed by atoms with Gasteiger partial charge in [0, 0.05) is 12.3 Å². The Labute approximate surface area is 141 Å². The number of ether oxygens (including phenoxy) is 2. The van der Waals surface area contributed by atoms with Crippen LogP contribution in [0.5, 0.6) is 11.5 Å². The molecule has 1 aliphatic carbocycles. The third-order valence-corrected chi connectivity index (χ3v) is 5.30. The number of hydrogen-bond donors (Lipinski definition) is 1. The third kappa shape index (κ3) is 2.25. The highest BCUT2D eigenvalue weighted by Crippen LogP contribution is 2.54. The summed E-state index contributed by atoms with van der Waals surface area (Å²) in [5.74, 6) is 2.22. The van der Waals surface area contributed by atoms with Crippen LogP contribution in [0.15, 0.2) is 42.5 Å². The Morgan fingerprint density at radius 1 is 1.00 bits per heavy atom. The summed E-state index contributed by atoms with van der Waals surface area (Å²) < 4.78 is 11.0. The molecule has 4 heteroatoms. The molecule has 1 unspecified atom stereocenters. The Morgan fingerprint density at radius 2 is 1.67 bits per heavy atom. The van der Waals surface area contributed by atoms with E-state index in [4.69, 9.17) is 9.47 Å². The molecule has 0 saturated carbocycles. The van der Waals surface area contributed by atoms with Crippen molar-refractivity contribution in [2.24, 2.45) is 5.92 Å². The van der Waals surface area contributed by atoms with Gasteiger partial charge in [-0.15, -0.1) is 0 Å². The lowest BCUT2D eigenvalue weighted by atomic mass is 9.80. The number of nitrogens with one attached hydrogen (secondary N) is 1. The molecule has 4 rings (SSSR count). The molecule has 1 aliphatic heterocycles. The molecule has 1 amide bonds. The molecule has 0 bridgehead atoms. The van der Waals surface area contributed by atoms with E-state index in [1.54, 1.807) is 14.2 Å². The Balaban J connectivity index is 1.89. The lowest BCUT2D eigenvalue weighted by Gasteiger charge is -2.30. The fraction of sp³-hybridized carbons (Fsp3) is 0.350. The largest absolute Gasteiger partial charge is 0.493 e. The Bertz CT molecular complexity index is 772. The fourth-order valence-corrected chi connectivity index (χ4v) is 4.25. The summed E-state index contributed by atoms with van der Waals surface area (Å²) in [6.07, 6.45) is 1.49. The third-order valence-electron chi connectivity index (χ3n) is 5.30. The maximum absolute atomic E-state index is 12.0. The number of rotatable bonds is 3. The van der Waals surface area contributed by atoms with E-state index in [1.807, 2.05) is 12.1 Å². The van der Waals surface area contributed by atoms with Gasteiger partial charge < -0.3 is 14.8 Å². The highest BCUT2D eigenvalue weighted by Gasteiger charge is 2.45. The Morgan fingerprint density at radius 3 is 2.33 bits per heavy atom. The summed E-state index contributed by atoms with van der Waals surface area (Å²) in [5, 5.41) is 3.19. The monoisotopic (exact) mass is 323 g/mol. The number of carbonyl (C=O) groups is 1. The van der Waals surface area contributed by atoms with Gasteiger partial charge >= 0.3 is 0 Å². The van der Waals surface area contributed by atoms with Gasteiger partial charge in [-0.05, 0) is 41.2 Å². The van der Waals surface area contributed by atoms with Gasteiger partial charge in [0.25, 0.3) is 0 Å². The van der Waals surface area contributed by atoms with Crippen LogP contribution in [0.1, 0.15) is 41.5 Å². The molecule has 0 radical (unpaired) electrons. The van der Waals surface area contributed by atoms with Crippen molar-refractivity contribution < 1.29 is 14.3 Å². The van der Waals surface area contributed by atoms with Crippen LogP contribution in [-0.4, -0.2) is 20.1 Å². The number of carbonyl (C=O) groups excluding carboxylic acids is 1. The first kappa shape index (κ1) is 15.1. The molecule has 4 nitrogen and oxygen atoms in total. The van der Waals surface area contributed by atoms with Crippen molar-refractivity contribution in [3.05, 3.63) is 59.2 Å². The topological polar surface area (TPSA) is 47.6 Å². The summed E-state index contributed by atoms with van der Waals surface area (Å²) in [6, 6.07) is 14.7. The smallest absolute Gasteiger partial charge is 0.220 e. The van der Waals surface area contributed by atoms with Gasteiger partial charge in [0.1, 0.15) is 0 Å². The van der Waals surface area contributed by atoms with Crippen LogP contribution in [0.25, 0.3) is 0 Å². The van der Waals surface area contributed by atoms with Crippen LogP contribution in [0.3, 0.4) is 0 Å². The minimum Gasteiger partial charge on any atom is -0.493 e. The summed E-state index contributed by atoms with van der Waals surface area (Å²) in [4.78, 5) is 12.0. The second-order valence-corrected chi connectivity index (χ2v) is 6.47. The molecule has 2 aromatic rings. The van der Waals surface area contributed by atoms with Crippen LogP contribution >= 0.6 is 0 Å². The van der Waals surface area contributed by atoms with E-state index in [1.165, 1.54) is 11.1 Å². The number of fused-ring (bicyclic) bond motifs is 3. The lowest BCUT2D eigenvalue weighted by molar-refractivity contribution is -0.124. The van der Waals surface area contributed by atoms with E-state index < -0.39 is 0 Å². The van der Waals surface area contributed by atoms with Crippen LogP contribution in [0.4, 0.5) is 0 Å². The maximum Gasteiger partial charge on any atom is 0.220 e. The van der Waals surface area contributed by atoms with Gasteiger partial charge in [0.05, 0.1) is 20.3 Å². The highest BCUT2D eigenvalue weighted by atomic mass is 16.5. The molecule has 1 saturated heterocycles. The normalized spacial score (nSPS) is 24.8. The second-order valence-electron chi connectivity index (χ2n) is 6.47. The predicted molar refractivity (Wildman–Crippen MR) is 91.4 cm³/mol. The minimum atomic E-state index is 0.0475. The SMILES string of the molecule is COc1cc2c(cc1OC)[C@H]1NC(=O)CC[C@@H]1C2c1ccccc1. The molecular formula is C20H21NO3. The molecule has 124 valence electrons. The minimum absolute atomic E-state index is 0.0475. The average molecular weight is 323 g/mol. The van der Waals surface area contributed by atoms with E-state index in [0.717, 1.165) is 17.7 Å². The van der Waals surface area contributed by atoms with Crippen molar-refractivity contribution in [2.75, 3.05) is 14.2 Å². The molecule has 2 aliphatic rings. The van der Waals surface area contributed by atoms with Gasteiger partial charge in [-0.25, -0.2) is 0 Å². The van der Waals surface area contributed by atoms with Gasteiger partial charge in [-0.1, -0.05) is 30.3 Å². The van der Waals surface area contributed by atoms with Crippen molar-refractivity contribution in [1.29, 1.82) is 0 Å². The number of piperidine rings is 1. The maximum atomic E-state index is 12.0. The summed E-state index contributed by atoms with van der Waals surface area (Å²) >= 11 is 0. The first-order chi connectivity index (χ1) is 11.7. The van der Waals surface area contributed by atoms with Gasteiger partial charge in [-0.2, -0.15) is 0 Å². The quantitative estimate of drug-likeness (QED) is 0.941. The number of hydrogen-bond acceptors (Lipinski definition) is 3. The molecule has 1 heterocycles. The standard InChI is InChI=1S/C20H21NO3/c1-23-16-10-14-15(11-17(16)24-2)20-13(8-9-18(22)21-20)19(14)12-6-4-3-5-7-12/h3-7,10-11,13,19-20H,8-9H2,1-2H3,(H,21,22)/t13-,19?,20+/m1/s1. The average Bonchev–Trinajstić information content (AvgIpc) is 2.93. The predicted octanol–water partition coefficient (Wildman–Crippen LogP) is 3.42. The molecular weight excluding hydrogens is 302 g/mol. The summed E-state index contributed by atoms with van der Waals surface area (Å²) in [6.45, 7) is 0. The van der Waals surface area contributed by atoms with E-state index in [0.29, 0.717) is 18.1 Å². The Hall–Kier alpha value is -2.49. The zero-order valence-corrected chi connectivity index (χ0v) is 13.9. The van der Waals surface area contributed by atoms with Gasteiger partial charge in [0.15, 0.2) is 11.5 Å². The Kier molecular flexibility index (Phi) is 3.68. The van der Waals surface area contributed by atoms with E-state index in [-0.39, 0.29) is 17.9 Å². The number of amides is 1. The lowest BCUT2D eigenvalue weighted by Crippen LogP contribution is -2.37. The molecule has 1 N–H and O–H groups in total. The molecule has 0 spiro atoms. The molecule has 24 heavy (non-hydrogen) atoms. The molecule has 3 atom stereocenters. The fourth-order valence-electron chi connectivity index (χ4n) is 4.25. The second kappa shape index (κ2) is 5.86. The first-order valence-corrected chi connectivity index (χ1v) is 8.33. The van der Waals surface area contributed by atoms with Crippen molar-refractivity contribution >= 4 is 5.91 Å². The van der Waals surface area contributed by atoms with Crippen molar-refractivity contribution in [3.63, 3.8) is 0 Å². The molecule has 1 fully saturated rings. The zero-order chi connectivity index (χ0) is 16.7. The molecule has 2 aromatic carbocycles. The van der Waals surface area contributed by atoms with Crippen LogP contribution in [0, 0.1) is 5.92 Å². The zero-order valence-electron chi connectivity index (χ0n) is 13.9. The van der Waals surface area contributed by atoms with Crippen molar-refractivity contribution in [2.45, 2.75) is 24.8 Å². The number of benzene rings is 2. The summed E-state index contributed by atoms with van der Waals surface area (Å²) in [5.41, 5.74) is 3.67. The molecule has 0 aromatic heterocycles.